The zero-order valence-electron chi connectivity index (χ0n) is 18.5. The molecule has 5 nitrogen and oxygen atoms in total. The van der Waals surface area contributed by atoms with Crippen LogP contribution in [0.2, 0.25) is 0 Å². The van der Waals surface area contributed by atoms with Crippen LogP contribution in [0.1, 0.15) is 81.1 Å². The molecule has 168 valence electrons. The number of hydrogen-bond acceptors (Lipinski definition) is 4. The minimum Gasteiger partial charge on any atom is -0.478 e. The van der Waals surface area contributed by atoms with Gasteiger partial charge in [-0.1, -0.05) is 37.6 Å². The first kappa shape index (κ1) is 21.2. The summed E-state index contributed by atoms with van der Waals surface area (Å²) in [7, 11) is 0. The van der Waals surface area contributed by atoms with E-state index in [9.17, 15) is 25.2 Å². The van der Waals surface area contributed by atoms with E-state index in [4.69, 9.17) is 0 Å². The van der Waals surface area contributed by atoms with Crippen molar-refractivity contribution in [3.05, 3.63) is 47.0 Å². The number of benzene rings is 1. The van der Waals surface area contributed by atoms with Crippen LogP contribution in [-0.2, 0) is 5.60 Å². The Balaban J connectivity index is 1.52. The molecule has 4 N–H and O–H groups in total. The molecule has 4 aliphatic rings. The molecule has 1 aromatic rings. The number of allylic oxidation sites excluding steroid dienone is 1. The number of fused-ring (bicyclic) bond motifs is 5. The first-order chi connectivity index (χ1) is 14.6. The van der Waals surface area contributed by atoms with Crippen molar-refractivity contribution in [3.63, 3.8) is 0 Å². The summed E-state index contributed by atoms with van der Waals surface area (Å²) < 4.78 is 0. The van der Waals surface area contributed by atoms with Gasteiger partial charge in [-0.2, -0.15) is 0 Å². The summed E-state index contributed by atoms with van der Waals surface area (Å²) in [4.78, 5) is 11.3. The highest BCUT2D eigenvalue weighted by Crippen LogP contribution is 2.70. The molecule has 0 amide bonds. The van der Waals surface area contributed by atoms with Gasteiger partial charge in [0.1, 0.15) is 0 Å². The van der Waals surface area contributed by atoms with Gasteiger partial charge in [0.15, 0.2) is 0 Å². The Kier molecular flexibility index (Phi) is 4.55. The molecule has 3 fully saturated rings. The van der Waals surface area contributed by atoms with Crippen molar-refractivity contribution in [1.29, 1.82) is 0 Å². The smallest absolute Gasteiger partial charge is 0.335 e. The molecule has 3 saturated carbocycles. The summed E-state index contributed by atoms with van der Waals surface area (Å²) in [5.74, 6) is -0.541. The summed E-state index contributed by atoms with van der Waals surface area (Å²) in [6.45, 7) is 4.35. The number of aromatic carboxylic acids is 1. The van der Waals surface area contributed by atoms with Crippen molar-refractivity contribution in [2.75, 3.05) is 0 Å². The molecule has 7 atom stereocenters. The second kappa shape index (κ2) is 6.66. The molecule has 5 heteroatoms. The maximum absolute atomic E-state index is 12.2. The second-order valence-corrected chi connectivity index (χ2v) is 11.0. The van der Waals surface area contributed by atoms with Crippen molar-refractivity contribution >= 4 is 5.97 Å². The summed E-state index contributed by atoms with van der Waals surface area (Å²) in [5, 5.41) is 43.6. The average Bonchev–Trinajstić information content (AvgIpc) is 2.96. The summed E-state index contributed by atoms with van der Waals surface area (Å²) in [6.07, 6.45) is 8.02. The van der Waals surface area contributed by atoms with Gasteiger partial charge < -0.3 is 20.4 Å². The van der Waals surface area contributed by atoms with Crippen LogP contribution in [0.4, 0.5) is 0 Å². The van der Waals surface area contributed by atoms with E-state index < -0.39 is 22.6 Å². The molecule has 0 spiro atoms. The lowest BCUT2D eigenvalue weighted by Gasteiger charge is -2.62. The van der Waals surface area contributed by atoms with Crippen LogP contribution in [0, 0.1) is 22.7 Å². The number of hydrogen-bond donors (Lipinski definition) is 4. The average molecular weight is 427 g/mol. The minimum absolute atomic E-state index is 0.0169. The topological polar surface area (TPSA) is 98.0 Å². The highest BCUT2D eigenvalue weighted by molar-refractivity contribution is 5.87. The fourth-order valence-corrected chi connectivity index (χ4v) is 7.98. The Hall–Kier alpha value is -1.69. The van der Waals surface area contributed by atoms with Crippen molar-refractivity contribution in [1.82, 2.24) is 0 Å². The maximum atomic E-state index is 12.2. The second-order valence-electron chi connectivity index (χ2n) is 11.0. The van der Waals surface area contributed by atoms with Crippen molar-refractivity contribution in [2.24, 2.45) is 22.7 Å². The third-order valence-corrected chi connectivity index (χ3v) is 10.0. The SMILES string of the molecule is C[C@]12CCC(O)CC1=CC[C@@H]1[C@H]2CC[C@]2(C)C(O)(c3ccc(C(=O)O)cc3)CC[C@@]12O. The van der Waals surface area contributed by atoms with Crippen LogP contribution >= 0.6 is 0 Å². The van der Waals surface area contributed by atoms with E-state index >= 15 is 0 Å². The number of aliphatic hydroxyl groups is 3. The van der Waals surface area contributed by atoms with Crippen LogP contribution in [-0.4, -0.2) is 38.1 Å². The van der Waals surface area contributed by atoms with Gasteiger partial charge in [0.25, 0.3) is 0 Å². The highest BCUT2D eigenvalue weighted by atomic mass is 16.4. The van der Waals surface area contributed by atoms with E-state index in [-0.39, 0.29) is 23.0 Å². The number of rotatable bonds is 2. The van der Waals surface area contributed by atoms with Gasteiger partial charge in [0.05, 0.1) is 22.9 Å². The zero-order valence-corrected chi connectivity index (χ0v) is 18.5. The van der Waals surface area contributed by atoms with Crippen molar-refractivity contribution in [2.45, 2.75) is 82.5 Å². The van der Waals surface area contributed by atoms with Gasteiger partial charge in [-0.25, -0.2) is 4.79 Å². The molecule has 0 aliphatic heterocycles. The molecule has 0 aromatic heterocycles. The molecule has 5 rings (SSSR count). The number of carboxylic acid groups (broad SMARTS) is 1. The maximum Gasteiger partial charge on any atom is 0.335 e. The lowest BCUT2D eigenvalue weighted by atomic mass is 9.45. The van der Waals surface area contributed by atoms with Gasteiger partial charge in [-0.05, 0) is 86.3 Å². The van der Waals surface area contributed by atoms with Crippen LogP contribution in [0.3, 0.4) is 0 Å². The fourth-order valence-electron chi connectivity index (χ4n) is 7.98. The van der Waals surface area contributed by atoms with E-state index in [0.717, 1.165) is 38.5 Å². The van der Waals surface area contributed by atoms with E-state index in [0.29, 0.717) is 24.3 Å². The van der Waals surface area contributed by atoms with Gasteiger partial charge in [0.2, 0.25) is 0 Å². The van der Waals surface area contributed by atoms with Crippen LogP contribution < -0.4 is 0 Å². The number of aliphatic hydroxyl groups excluding tert-OH is 1. The molecule has 0 radical (unpaired) electrons. The van der Waals surface area contributed by atoms with E-state index in [1.807, 2.05) is 6.92 Å². The molecular weight excluding hydrogens is 392 g/mol. The first-order valence-electron chi connectivity index (χ1n) is 11.7. The van der Waals surface area contributed by atoms with Gasteiger partial charge >= 0.3 is 5.97 Å². The van der Waals surface area contributed by atoms with Crippen molar-refractivity contribution < 1.29 is 25.2 Å². The Labute approximate surface area is 183 Å². The summed E-state index contributed by atoms with van der Waals surface area (Å²) in [6, 6.07) is 6.53. The van der Waals surface area contributed by atoms with E-state index in [2.05, 4.69) is 13.0 Å². The minimum atomic E-state index is -1.18. The monoisotopic (exact) mass is 426 g/mol. The molecule has 1 aromatic carbocycles. The summed E-state index contributed by atoms with van der Waals surface area (Å²) in [5.41, 5.74) is -0.572. The third kappa shape index (κ3) is 2.63. The van der Waals surface area contributed by atoms with Crippen LogP contribution in [0.5, 0.6) is 0 Å². The van der Waals surface area contributed by atoms with Crippen LogP contribution in [0.15, 0.2) is 35.9 Å². The van der Waals surface area contributed by atoms with Crippen molar-refractivity contribution in [3.8, 4) is 0 Å². The van der Waals surface area contributed by atoms with Crippen LogP contribution in [0.25, 0.3) is 0 Å². The highest BCUT2D eigenvalue weighted by Gasteiger charge is 2.71. The molecule has 31 heavy (non-hydrogen) atoms. The molecule has 0 heterocycles. The Bertz CT molecular complexity index is 938. The normalized spacial score (nSPS) is 46.5. The van der Waals surface area contributed by atoms with Gasteiger partial charge in [-0.3, -0.25) is 0 Å². The number of carboxylic acids is 1. The lowest BCUT2D eigenvalue weighted by molar-refractivity contribution is -0.218. The first-order valence-corrected chi connectivity index (χ1v) is 11.7. The fraction of sp³-hybridized carbons (Fsp3) is 0.654. The Morgan fingerprint density at radius 1 is 0.968 bits per heavy atom. The number of carbonyl (C=O) groups is 1. The molecule has 4 aliphatic carbocycles. The van der Waals surface area contributed by atoms with E-state index in [1.54, 1.807) is 24.3 Å². The Morgan fingerprint density at radius 2 is 1.68 bits per heavy atom. The largest absolute Gasteiger partial charge is 0.478 e. The third-order valence-electron chi connectivity index (χ3n) is 10.0. The molecule has 2 unspecified atom stereocenters. The van der Waals surface area contributed by atoms with Gasteiger partial charge in [-0.15, -0.1) is 0 Å². The summed E-state index contributed by atoms with van der Waals surface area (Å²) >= 11 is 0. The predicted molar refractivity (Wildman–Crippen MR) is 116 cm³/mol. The quantitative estimate of drug-likeness (QED) is 0.536. The Morgan fingerprint density at radius 3 is 2.35 bits per heavy atom. The predicted octanol–water partition coefficient (Wildman–Crippen LogP) is 4.01. The molecule has 0 bridgehead atoms. The van der Waals surface area contributed by atoms with E-state index in [1.165, 1.54) is 5.57 Å². The van der Waals surface area contributed by atoms with Gasteiger partial charge in [0, 0.05) is 5.41 Å². The lowest BCUT2D eigenvalue weighted by Crippen LogP contribution is -2.63. The standard InChI is InChI=1S/C26H34O5/c1-23-11-9-19(27)15-18(23)7-8-21-20(23)10-12-24(2)25(30,13-14-26(21,24)31)17-5-3-16(4-6-17)22(28)29/h3-7,19-21,27,30-31H,8-15H2,1-2H3,(H,28,29)/t19?,20-,21-,23+,24-,25?,26-/m1/s1. The molecular formula is C26H34O5. The zero-order chi connectivity index (χ0) is 22.2. The molecule has 0 saturated heterocycles.